The SMILES string of the molecule is [2H][C@]1(O)CC[C@@]2(C)C(=CCC3C2C(O)C[C@@]2(C)C3CC[C@@H]2C(C)=O)C1. The summed E-state index contributed by atoms with van der Waals surface area (Å²) in [5.41, 5.74) is 1.01. The Hall–Kier alpha value is -0.670. The standard InChI is InChI=1S/C21H32O3/c1-12(22)16-6-7-17-15-5-4-13-10-14(23)8-9-20(13,2)19(15)18(24)11-21(16,17)3/h4,14-19,23-24H,5-11H2,1-3H3/t14-,15?,16+,17?,18?,19?,20-,21+/m0/s1/i14D. The second kappa shape index (κ2) is 5.41. The number of rotatable bonds is 1. The van der Waals surface area contributed by atoms with Crippen LogP contribution in [0.25, 0.3) is 0 Å². The topological polar surface area (TPSA) is 57.5 Å². The van der Waals surface area contributed by atoms with E-state index in [0.717, 1.165) is 32.1 Å². The predicted octanol–water partition coefficient (Wildman–Crippen LogP) is 3.49. The molecule has 3 heteroatoms. The van der Waals surface area contributed by atoms with Crippen LogP contribution in [-0.2, 0) is 4.79 Å². The molecule has 4 rings (SSSR count). The molecule has 2 N–H and O–H groups in total. The van der Waals surface area contributed by atoms with Crippen LogP contribution >= 0.6 is 0 Å². The maximum absolute atomic E-state index is 12.2. The summed E-state index contributed by atoms with van der Waals surface area (Å²) >= 11 is 0. The van der Waals surface area contributed by atoms with Gasteiger partial charge >= 0.3 is 0 Å². The van der Waals surface area contributed by atoms with Crippen LogP contribution in [0.3, 0.4) is 0 Å². The van der Waals surface area contributed by atoms with Crippen LogP contribution in [0.15, 0.2) is 11.6 Å². The molecule has 3 saturated carbocycles. The van der Waals surface area contributed by atoms with E-state index >= 15 is 0 Å². The molecule has 4 aliphatic rings. The number of carbonyl (C=O) groups is 1. The van der Waals surface area contributed by atoms with E-state index in [1.54, 1.807) is 6.92 Å². The van der Waals surface area contributed by atoms with Crippen LogP contribution in [0.1, 0.15) is 67.1 Å². The van der Waals surface area contributed by atoms with Gasteiger partial charge in [-0.05, 0) is 80.5 Å². The van der Waals surface area contributed by atoms with Gasteiger partial charge in [0.1, 0.15) is 5.78 Å². The molecule has 3 fully saturated rings. The van der Waals surface area contributed by atoms with Crippen molar-refractivity contribution >= 4 is 5.78 Å². The molecular weight excluding hydrogens is 300 g/mol. The monoisotopic (exact) mass is 333 g/mol. The maximum atomic E-state index is 12.2. The summed E-state index contributed by atoms with van der Waals surface area (Å²) in [6, 6.07) is 0. The Balaban J connectivity index is 1.71. The lowest BCUT2D eigenvalue weighted by Crippen LogP contribution is -2.56. The van der Waals surface area contributed by atoms with Gasteiger partial charge in [0.2, 0.25) is 0 Å². The lowest BCUT2D eigenvalue weighted by atomic mass is 9.46. The molecule has 4 unspecified atom stereocenters. The van der Waals surface area contributed by atoms with Gasteiger partial charge in [0.05, 0.1) is 13.6 Å². The van der Waals surface area contributed by atoms with Crippen molar-refractivity contribution in [2.45, 2.75) is 77.9 Å². The van der Waals surface area contributed by atoms with E-state index in [0.29, 0.717) is 24.7 Å². The molecule has 0 spiro atoms. The highest BCUT2D eigenvalue weighted by molar-refractivity contribution is 5.79. The first-order chi connectivity index (χ1) is 11.6. The number of aliphatic hydroxyl groups is 2. The lowest BCUT2D eigenvalue weighted by molar-refractivity contribution is -0.140. The van der Waals surface area contributed by atoms with Gasteiger partial charge in [0.15, 0.2) is 0 Å². The van der Waals surface area contributed by atoms with Crippen molar-refractivity contribution in [1.82, 2.24) is 0 Å². The van der Waals surface area contributed by atoms with Crippen molar-refractivity contribution in [2.75, 3.05) is 0 Å². The Kier molecular flexibility index (Phi) is 3.51. The molecule has 24 heavy (non-hydrogen) atoms. The third-order valence-corrected chi connectivity index (χ3v) is 8.37. The Labute approximate surface area is 146 Å². The Morgan fingerprint density at radius 2 is 2.04 bits per heavy atom. The first-order valence-corrected chi connectivity index (χ1v) is 9.69. The number of carbonyl (C=O) groups excluding carboxylic acids is 1. The molecule has 3 nitrogen and oxygen atoms in total. The molecule has 134 valence electrons. The van der Waals surface area contributed by atoms with Gasteiger partial charge < -0.3 is 10.2 Å². The summed E-state index contributed by atoms with van der Waals surface area (Å²) in [6.45, 7) is 6.20. The Morgan fingerprint density at radius 3 is 2.75 bits per heavy atom. The highest BCUT2D eigenvalue weighted by atomic mass is 16.3. The van der Waals surface area contributed by atoms with Crippen molar-refractivity contribution in [2.24, 2.45) is 34.5 Å². The van der Waals surface area contributed by atoms with Crippen molar-refractivity contribution < 1.29 is 16.4 Å². The van der Waals surface area contributed by atoms with Crippen molar-refractivity contribution in [3.05, 3.63) is 11.6 Å². The third kappa shape index (κ3) is 2.13. The van der Waals surface area contributed by atoms with Crippen molar-refractivity contribution in [3.63, 3.8) is 0 Å². The van der Waals surface area contributed by atoms with Gasteiger partial charge in [-0.1, -0.05) is 25.5 Å². The number of hydrogen-bond donors (Lipinski definition) is 2. The normalized spacial score (nSPS) is 57.3. The highest BCUT2D eigenvalue weighted by Crippen LogP contribution is 2.66. The average molecular weight is 333 g/mol. The zero-order valence-electron chi connectivity index (χ0n) is 16.2. The molecule has 0 aromatic rings. The zero-order valence-corrected chi connectivity index (χ0v) is 15.2. The predicted molar refractivity (Wildman–Crippen MR) is 93.3 cm³/mol. The summed E-state index contributed by atoms with van der Waals surface area (Å²) in [7, 11) is 0. The van der Waals surface area contributed by atoms with Crippen molar-refractivity contribution in [1.29, 1.82) is 0 Å². The van der Waals surface area contributed by atoms with Crippen LogP contribution < -0.4 is 0 Å². The van der Waals surface area contributed by atoms with Gasteiger partial charge in [-0.2, -0.15) is 0 Å². The van der Waals surface area contributed by atoms with Gasteiger partial charge in [-0.15, -0.1) is 0 Å². The molecule has 0 radical (unpaired) electrons. The highest BCUT2D eigenvalue weighted by Gasteiger charge is 2.62. The molecule has 8 atom stereocenters. The molecule has 0 aromatic heterocycles. The number of allylic oxidation sites excluding steroid dienone is 1. The van der Waals surface area contributed by atoms with E-state index in [1.807, 2.05) is 0 Å². The fourth-order valence-corrected chi connectivity index (χ4v) is 7.29. The minimum Gasteiger partial charge on any atom is -0.393 e. The minimum absolute atomic E-state index is 0.0705. The zero-order chi connectivity index (χ0) is 18.2. The molecular formula is C21H32O3. The molecule has 0 amide bonds. The van der Waals surface area contributed by atoms with Crippen LogP contribution in [0.4, 0.5) is 0 Å². The summed E-state index contributed by atoms with van der Waals surface area (Å²) in [6.07, 6.45) is 5.89. The van der Waals surface area contributed by atoms with E-state index in [-0.39, 0.29) is 28.4 Å². The Bertz CT molecular complexity index is 627. The first-order valence-electron chi connectivity index (χ1n) is 10.2. The summed E-state index contributed by atoms with van der Waals surface area (Å²) in [5, 5.41) is 21.4. The number of hydrogen-bond acceptors (Lipinski definition) is 3. The lowest BCUT2D eigenvalue weighted by Gasteiger charge is -2.59. The fraction of sp³-hybridized carbons (Fsp3) is 0.857. The molecule has 4 aliphatic carbocycles. The molecule has 0 aliphatic heterocycles. The fourth-order valence-electron chi connectivity index (χ4n) is 7.29. The van der Waals surface area contributed by atoms with E-state index in [9.17, 15) is 15.0 Å². The van der Waals surface area contributed by atoms with Gasteiger partial charge in [0.25, 0.3) is 0 Å². The van der Waals surface area contributed by atoms with Gasteiger partial charge in [-0.3, -0.25) is 4.79 Å². The van der Waals surface area contributed by atoms with Gasteiger partial charge in [-0.25, -0.2) is 0 Å². The molecule has 0 bridgehead atoms. The van der Waals surface area contributed by atoms with E-state index < -0.39 is 12.2 Å². The van der Waals surface area contributed by atoms with Crippen LogP contribution in [0, 0.1) is 34.5 Å². The third-order valence-electron chi connectivity index (χ3n) is 8.37. The van der Waals surface area contributed by atoms with E-state index in [2.05, 4.69) is 19.9 Å². The van der Waals surface area contributed by atoms with Crippen LogP contribution in [-0.4, -0.2) is 28.2 Å². The number of ketones is 1. The summed E-state index contributed by atoms with van der Waals surface area (Å²) in [4.78, 5) is 12.2. The summed E-state index contributed by atoms with van der Waals surface area (Å²) < 4.78 is 8.06. The second-order valence-corrected chi connectivity index (χ2v) is 9.44. The summed E-state index contributed by atoms with van der Waals surface area (Å²) in [5.74, 6) is 1.50. The quantitative estimate of drug-likeness (QED) is 0.722. The van der Waals surface area contributed by atoms with E-state index in [4.69, 9.17) is 1.37 Å². The smallest absolute Gasteiger partial charge is 0.133 e. The number of fused-ring (bicyclic) bond motifs is 5. The van der Waals surface area contributed by atoms with Crippen LogP contribution in [0.2, 0.25) is 0 Å². The number of Topliss-reactive ketones (excluding diaryl/α,β-unsaturated/α-hetero) is 1. The molecule has 0 saturated heterocycles. The first kappa shape index (κ1) is 15.6. The average Bonchev–Trinajstić information content (AvgIpc) is 2.84. The van der Waals surface area contributed by atoms with E-state index in [1.165, 1.54) is 5.57 Å². The molecule has 0 heterocycles. The maximum Gasteiger partial charge on any atom is 0.133 e. The second-order valence-electron chi connectivity index (χ2n) is 9.44. The van der Waals surface area contributed by atoms with Crippen molar-refractivity contribution in [3.8, 4) is 0 Å². The minimum atomic E-state index is -1.35. The number of aliphatic hydroxyl groups excluding tert-OH is 1. The molecule has 0 aromatic carbocycles. The Morgan fingerprint density at radius 1 is 1.29 bits per heavy atom. The largest absolute Gasteiger partial charge is 0.393 e. The van der Waals surface area contributed by atoms with Crippen LogP contribution in [0.5, 0.6) is 0 Å². The van der Waals surface area contributed by atoms with Gasteiger partial charge in [0, 0.05) is 5.92 Å².